The molecule has 1 heterocycles. The predicted octanol–water partition coefficient (Wildman–Crippen LogP) is 4.66. The number of benzene rings is 2. The van der Waals surface area contributed by atoms with E-state index in [1.54, 1.807) is 24.3 Å². The monoisotopic (exact) mass is 458 g/mol. The highest BCUT2D eigenvalue weighted by Gasteiger charge is 2.41. The van der Waals surface area contributed by atoms with E-state index in [4.69, 9.17) is 4.74 Å². The van der Waals surface area contributed by atoms with Crippen LogP contribution in [-0.4, -0.2) is 30.6 Å². The molecule has 2 N–H and O–H groups in total. The smallest absolute Gasteiger partial charge is 0.251 e. The van der Waals surface area contributed by atoms with Crippen molar-refractivity contribution in [3.8, 4) is 0 Å². The van der Waals surface area contributed by atoms with Gasteiger partial charge in [0.25, 0.3) is 5.91 Å². The lowest BCUT2D eigenvalue weighted by Gasteiger charge is -2.36. The molecule has 2 aromatic rings. The molecule has 0 bridgehead atoms. The van der Waals surface area contributed by atoms with Gasteiger partial charge in [-0.3, -0.25) is 9.59 Å². The van der Waals surface area contributed by atoms with Crippen LogP contribution in [0.4, 0.5) is 5.69 Å². The Kier molecular flexibility index (Phi) is 6.44. The van der Waals surface area contributed by atoms with Crippen LogP contribution in [0.3, 0.4) is 0 Å². The minimum atomic E-state index is -0.624. The Morgan fingerprint density at radius 1 is 0.966 bits per heavy atom. The molecule has 0 aliphatic carbocycles. The van der Waals surface area contributed by atoms with Gasteiger partial charge in [-0.1, -0.05) is 28.1 Å². The summed E-state index contributed by atoms with van der Waals surface area (Å²) in [6.45, 7) is 6.92. The first-order valence-corrected chi connectivity index (χ1v) is 10.6. The van der Waals surface area contributed by atoms with Gasteiger partial charge in [-0.25, -0.2) is 0 Å². The van der Waals surface area contributed by atoms with Crippen LogP contribution < -0.4 is 10.6 Å². The summed E-state index contributed by atoms with van der Waals surface area (Å²) in [5.41, 5.74) is 1.30. The third-order valence-corrected chi connectivity index (χ3v) is 5.60. The Balaban J connectivity index is 1.78. The Bertz CT molecular complexity index is 864. The molecular formula is C23H27BrN2O3. The third kappa shape index (κ3) is 5.25. The van der Waals surface area contributed by atoms with Crippen molar-refractivity contribution in [2.24, 2.45) is 0 Å². The lowest BCUT2D eigenvalue weighted by atomic mass is 9.73. The molecule has 1 saturated heterocycles. The van der Waals surface area contributed by atoms with Crippen molar-refractivity contribution in [3.63, 3.8) is 0 Å². The highest BCUT2D eigenvalue weighted by atomic mass is 79.9. The summed E-state index contributed by atoms with van der Waals surface area (Å²) in [5, 5.41) is 5.98. The second kappa shape index (κ2) is 8.67. The van der Waals surface area contributed by atoms with Crippen LogP contribution in [-0.2, 0) is 14.9 Å². The fourth-order valence-electron chi connectivity index (χ4n) is 3.50. The van der Waals surface area contributed by atoms with Crippen molar-refractivity contribution in [3.05, 3.63) is 64.1 Å². The van der Waals surface area contributed by atoms with Gasteiger partial charge >= 0.3 is 0 Å². The number of amides is 2. The van der Waals surface area contributed by atoms with E-state index < -0.39 is 5.41 Å². The van der Waals surface area contributed by atoms with Gasteiger partial charge in [0, 0.05) is 34.5 Å². The number of hydrogen-bond acceptors (Lipinski definition) is 3. The standard InChI is InChI=1S/C23H27BrN2O3/c1-22(2,3)26-20(27)16-4-10-19(11-5-16)25-21(28)23(12-14-29-15-13-23)17-6-8-18(24)9-7-17/h4-11H,12-15H2,1-3H3,(H,25,28)(H,26,27). The van der Waals surface area contributed by atoms with Crippen LogP contribution in [0.2, 0.25) is 0 Å². The van der Waals surface area contributed by atoms with Crippen molar-refractivity contribution < 1.29 is 14.3 Å². The highest BCUT2D eigenvalue weighted by molar-refractivity contribution is 9.10. The molecule has 1 fully saturated rings. The number of anilines is 1. The minimum absolute atomic E-state index is 0.0463. The molecule has 2 aromatic carbocycles. The lowest BCUT2D eigenvalue weighted by molar-refractivity contribution is -0.125. The summed E-state index contributed by atoms with van der Waals surface area (Å²) < 4.78 is 6.50. The summed E-state index contributed by atoms with van der Waals surface area (Å²) in [5.74, 6) is -0.179. The minimum Gasteiger partial charge on any atom is -0.381 e. The molecule has 0 radical (unpaired) electrons. The van der Waals surface area contributed by atoms with Gasteiger partial charge in [-0.15, -0.1) is 0 Å². The van der Waals surface area contributed by atoms with Gasteiger partial charge in [0.05, 0.1) is 5.41 Å². The van der Waals surface area contributed by atoms with E-state index in [0.29, 0.717) is 37.3 Å². The normalized spacial score (nSPS) is 16.1. The van der Waals surface area contributed by atoms with Gasteiger partial charge in [0.15, 0.2) is 0 Å². The summed E-state index contributed by atoms with van der Waals surface area (Å²) in [6, 6.07) is 14.9. The van der Waals surface area contributed by atoms with Crippen LogP contribution in [0.25, 0.3) is 0 Å². The molecule has 2 amide bonds. The van der Waals surface area contributed by atoms with Gasteiger partial charge in [0.2, 0.25) is 5.91 Å². The predicted molar refractivity (Wildman–Crippen MR) is 118 cm³/mol. The fraction of sp³-hybridized carbons (Fsp3) is 0.391. The van der Waals surface area contributed by atoms with E-state index in [1.165, 1.54) is 0 Å². The van der Waals surface area contributed by atoms with Crippen molar-refractivity contribution in [2.45, 2.75) is 44.6 Å². The van der Waals surface area contributed by atoms with Crippen LogP contribution in [0.5, 0.6) is 0 Å². The van der Waals surface area contributed by atoms with Crippen LogP contribution in [0.15, 0.2) is 53.0 Å². The zero-order valence-electron chi connectivity index (χ0n) is 17.0. The molecule has 6 heteroatoms. The number of halogens is 1. The number of ether oxygens (including phenoxy) is 1. The van der Waals surface area contributed by atoms with Gasteiger partial charge < -0.3 is 15.4 Å². The highest BCUT2D eigenvalue weighted by Crippen LogP contribution is 2.36. The summed E-state index contributed by atoms with van der Waals surface area (Å²) in [6.07, 6.45) is 1.26. The van der Waals surface area contributed by atoms with E-state index in [9.17, 15) is 9.59 Å². The Hall–Kier alpha value is -2.18. The lowest BCUT2D eigenvalue weighted by Crippen LogP contribution is -2.44. The van der Waals surface area contributed by atoms with E-state index >= 15 is 0 Å². The average molecular weight is 459 g/mol. The molecule has 29 heavy (non-hydrogen) atoms. The first-order valence-electron chi connectivity index (χ1n) is 9.77. The van der Waals surface area contributed by atoms with Gasteiger partial charge in [0.1, 0.15) is 0 Å². The average Bonchev–Trinajstić information content (AvgIpc) is 2.68. The molecule has 0 aromatic heterocycles. The zero-order chi connectivity index (χ0) is 21.1. The molecule has 5 nitrogen and oxygen atoms in total. The summed E-state index contributed by atoms with van der Waals surface area (Å²) in [4.78, 5) is 25.6. The van der Waals surface area contributed by atoms with Crippen LogP contribution in [0, 0.1) is 0 Å². The van der Waals surface area contributed by atoms with E-state index in [2.05, 4.69) is 26.6 Å². The molecule has 1 aliphatic heterocycles. The topological polar surface area (TPSA) is 67.4 Å². The third-order valence-electron chi connectivity index (χ3n) is 5.07. The zero-order valence-corrected chi connectivity index (χ0v) is 18.6. The van der Waals surface area contributed by atoms with Gasteiger partial charge in [-0.05, 0) is 75.6 Å². The van der Waals surface area contributed by atoms with Gasteiger partial charge in [-0.2, -0.15) is 0 Å². The molecule has 0 spiro atoms. The Labute approximate surface area is 180 Å². The maximum atomic E-state index is 13.3. The van der Waals surface area contributed by atoms with Crippen LogP contribution in [0.1, 0.15) is 49.5 Å². The fourth-order valence-corrected chi connectivity index (χ4v) is 3.77. The maximum absolute atomic E-state index is 13.3. The maximum Gasteiger partial charge on any atom is 0.251 e. The molecular weight excluding hydrogens is 432 g/mol. The van der Waals surface area contributed by atoms with E-state index in [0.717, 1.165) is 10.0 Å². The first kappa shape index (κ1) is 21.5. The molecule has 1 aliphatic rings. The Morgan fingerprint density at radius 2 is 1.55 bits per heavy atom. The number of nitrogens with one attached hydrogen (secondary N) is 2. The van der Waals surface area contributed by atoms with Crippen molar-refractivity contribution >= 4 is 33.4 Å². The Morgan fingerprint density at radius 3 is 2.10 bits per heavy atom. The number of rotatable bonds is 4. The van der Waals surface area contributed by atoms with Crippen molar-refractivity contribution in [2.75, 3.05) is 18.5 Å². The van der Waals surface area contributed by atoms with E-state index in [1.807, 2.05) is 45.0 Å². The second-order valence-corrected chi connectivity index (χ2v) is 9.35. The second-order valence-electron chi connectivity index (χ2n) is 8.44. The van der Waals surface area contributed by atoms with Crippen molar-refractivity contribution in [1.29, 1.82) is 0 Å². The first-order chi connectivity index (χ1) is 13.7. The van der Waals surface area contributed by atoms with E-state index in [-0.39, 0.29) is 17.4 Å². The van der Waals surface area contributed by atoms with Crippen molar-refractivity contribution in [1.82, 2.24) is 5.32 Å². The summed E-state index contributed by atoms with van der Waals surface area (Å²) in [7, 11) is 0. The largest absolute Gasteiger partial charge is 0.381 e. The molecule has 0 unspecified atom stereocenters. The molecule has 0 saturated carbocycles. The molecule has 3 rings (SSSR count). The number of carbonyl (C=O) groups is 2. The summed E-state index contributed by atoms with van der Waals surface area (Å²) >= 11 is 3.46. The quantitative estimate of drug-likeness (QED) is 0.699. The SMILES string of the molecule is CC(C)(C)NC(=O)c1ccc(NC(=O)C2(c3ccc(Br)cc3)CCOCC2)cc1. The number of hydrogen-bond donors (Lipinski definition) is 2. The van der Waals surface area contributed by atoms with Crippen LogP contribution >= 0.6 is 15.9 Å². The molecule has 154 valence electrons. The number of carbonyl (C=O) groups excluding carboxylic acids is 2. The molecule has 0 atom stereocenters.